The third-order valence-corrected chi connectivity index (χ3v) is 4.92. The van der Waals surface area contributed by atoms with Gasteiger partial charge in [0.05, 0.1) is 6.61 Å². The number of pyridine rings is 1. The molecular weight excluding hydrogens is 388 g/mol. The first-order valence-electron chi connectivity index (χ1n) is 9.46. The number of halogens is 2. The van der Waals surface area contributed by atoms with Gasteiger partial charge in [-0.3, -0.25) is 4.79 Å². The maximum Gasteiger partial charge on any atom is 0.248 e. The normalized spacial score (nSPS) is 12.5. The van der Waals surface area contributed by atoms with Crippen LogP contribution in [0.15, 0.2) is 60.9 Å². The van der Waals surface area contributed by atoms with Crippen molar-refractivity contribution in [1.29, 1.82) is 0 Å². The van der Waals surface area contributed by atoms with Crippen LogP contribution >= 0.6 is 0 Å². The second-order valence-electron chi connectivity index (χ2n) is 6.83. The van der Waals surface area contributed by atoms with Crippen LogP contribution in [-0.2, 0) is 6.42 Å². The molecule has 0 bridgehead atoms. The molecular formula is C23H19F2N3O2. The standard InChI is InChI=1S/C14H11N3O.C9H8F2O/c15-13(18)10-3-1-9(2-4-10)11-5-7-16-14-12(11)6-8-17-14;10-7-3-4-8-6(9(7)11)2-1-5-12-8/h1-8H,(H2,15,18)(H,16,17);3-4H,1-2,5H2. The summed E-state index contributed by atoms with van der Waals surface area (Å²) < 4.78 is 30.9. The van der Waals surface area contributed by atoms with Crippen LogP contribution in [0.1, 0.15) is 22.3 Å². The lowest BCUT2D eigenvalue weighted by atomic mass is 10.0. The van der Waals surface area contributed by atoms with Crippen molar-refractivity contribution in [3.8, 4) is 16.9 Å². The molecule has 5 nitrogen and oxygen atoms in total. The van der Waals surface area contributed by atoms with Crippen molar-refractivity contribution in [2.45, 2.75) is 12.8 Å². The lowest BCUT2D eigenvalue weighted by Crippen LogP contribution is -2.10. The van der Waals surface area contributed by atoms with Crippen LogP contribution in [0.3, 0.4) is 0 Å². The van der Waals surface area contributed by atoms with Crippen molar-refractivity contribution in [2.24, 2.45) is 5.73 Å². The van der Waals surface area contributed by atoms with Crippen molar-refractivity contribution in [3.05, 3.63) is 83.7 Å². The summed E-state index contributed by atoms with van der Waals surface area (Å²) >= 11 is 0. The number of rotatable bonds is 2. The minimum absolute atomic E-state index is 0.376. The molecule has 1 aliphatic rings. The van der Waals surface area contributed by atoms with E-state index in [2.05, 4.69) is 9.97 Å². The van der Waals surface area contributed by atoms with Crippen LogP contribution in [0.25, 0.3) is 22.2 Å². The average molecular weight is 407 g/mol. The second kappa shape index (κ2) is 8.32. The number of carbonyl (C=O) groups is 1. The SMILES string of the molecule is Fc1ccc2c(c1F)CCCO2.NC(=O)c1ccc(-c2ccnc3[nH]ccc23)cc1. The number of fused-ring (bicyclic) bond motifs is 2. The summed E-state index contributed by atoms with van der Waals surface area (Å²) in [7, 11) is 0. The van der Waals surface area contributed by atoms with Crippen molar-refractivity contribution < 1.29 is 18.3 Å². The highest BCUT2D eigenvalue weighted by molar-refractivity contribution is 5.95. The van der Waals surface area contributed by atoms with Gasteiger partial charge in [0, 0.05) is 28.9 Å². The predicted molar refractivity (Wildman–Crippen MR) is 110 cm³/mol. The molecule has 2 aromatic heterocycles. The number of amides is 1. The van der Waals surface area contributed by atoms with Crippen LogP contribution in [0.4, 0.5) is 8.78 Å². The lowest BCUT2D eigenvalue weighted by molar-refractivity contribution is 0.100. The number of nitrogens with two attached hydrogens (primary N) is 1. The Kier molecular flexibility index (Phi) is 5.43. The first-order valence-corrected chi connectivity index (χ1v) is 9.46. The van der Waals surface area contributed by atoms with E-state index < -0.39 is 17.5 Å². The van der Waals surface area contributed by atoms with Gasteiger partial charge in [-0.1, -0.05) is 12.1 Å². The summed E-state index contributed by atoms with van der Waals surface area (Å²) in [6.45, 7) is 0.595. The topological polar surface area (TPSA) is 81.0 Å². The van der Waals surface area contributed by atoms with Gasteiger partial charge < -0.3 is 15.5 Å². The largest absolute Gasteiger partial charge is 0.493 e. The minimum Gasteiger partial charge on any atom is -0.493 e. The fraction of sp³-hybridized carbons (Fsp3) is 0.130. The van der Waals surface area contributed by atoms with Crippen molar-refractivity contribution in [2.75, 3.05) is 6.61 Å². The maximum absolute atomic E-state index is 13.0. The molecule has 0 saturated carbocycles. The number of aromatic nitrogens is 2. The van der Waals surface area contributed by atoms with E-state index in [-0.39, 0.29) is 0 Å². The molecule has 1 aliphatic heterocycles. The zero-order chi connectivity index (χ0) is 21.1. The number of nitrogens with zero attached hydrogens (tertiary/aromatic N) is 1. The van der Waals surface area contributed by atoms with Gasteiger partial charge in [0.25, 0.3) is 0 Å². The van der Waals surface area contributed by atoms with Gasteiger partial charge in [0.2, 0.25) is 5.91 Å². The van der Waals surface area contributed by atoms with Crippen molar-refractivity contribution in [1.82, 2.24) is 9.97 Å². The van der Waals surface area contributed by atoms with E-state index in [0.717, 1.165) is 34.6 Å². The van der Waals surface area contributed by atoms with Crippen molar-refractivity contribution >= 4 is 16.9 Å². The Bertz CT molecular complexity index is 1200. The predicted octanol–water partition coefficient (Wildman–Crippen LogP) is 4.62. The molecule has 0 aliphatic carbocycles. The van der Waals surface area contributed by atoms with Gasteiger partial charge in [0.15, 0.2) is 11.6 Å². The Morgan fingerprint density at radius 3 is 2.63 bits per heavy atom. The van der Waals surface area contributed by atoms with Crippen LogP contribution in [0.5, 0.6) is 5.75 Å². The highest BCUT2D eigenvalue weighted by atomic mass is 19.2. The molecule has 3 heterocycles. The Balaban J connectivity index is 0.000000158. The summed E-state index contributed by atoms with van der Waals surface area (Å²) in [5.74, 6) is -1.48. The quantitative estimate of drug-likeness (QED) is 0.509. The van der Waals surface area contributed by atoms with Crippen LogP contribution < -0.4 is 10.5 Å². The molecule has 0 radical (unpaired) electrons. The van der Waals surface area contributed by atoms with Gasteiger partial charge >= 0.3 is 0 Å². The molecule has 2 aromatic carbocycles. The van der Waals surface area contributed by atoms with Gasteiger partial charge in [-0.2, -0.15) is 0 Å². The molecule has 0 fully saturated rings. The van der Waals surface area contributed by atoms with Gasteiger partial charge in [-0.25, -0.2) is 13.8 Å². The number of nitrogens with one attached hydrogen (secondary N) is 1. The van der Waals surface area contributed by atoms with E-state index in [1.807, 2.05) is 30.5 Å². The van der Waals surface area contributed by atoms with E-state index in [1.165, 1.54) is 6.07 Å². The summed E-state index contributed by atoms with van der Waals surface area (Å²) in [5.41, 5.74) is 9.08. The number of aromatic amines is 1. The number of hydrogen-bond acceptors (Lipinski definition) is 3. The third-order valence-electron chi connectivity index (χ3n) is 4.92. The van der Waals surface area contributed by atoms with E-state index >= 15 is 0 Å². The fourth-order valence-electron chi connectivity index (χ4n) is 3.40. The zero-order valence-electron chi connectivity index (χ0n) is 16.0. The summed E-state index contributed by atoms with van der Waals surface area (Å²) in [4.78, 5) is 18.3. The zero-order valence-corrected chi connectivity index (χ0v) is 16.0. The third kappa shape index (κ3) is 3.87. The molecule has 30 heavy (non-hydrogen) atoms. The van der Waals surface area contributed by atoms with Crippen LogP contribution in [-0.4, -0.2) is 22.5 Å². The molecule has 5 rings (SSSR count). The molecule has 7 heteroatoms. The molecule has 4 aromatic rings. The molecule has 0 spiro atoms. The number of carbonyl (C=O) groups excluding carboxylic acids is 1. The first-order chi connectivity index (χ1) is 14.5. The molecule has 3 N–H and O–H groups in total. The average Bonchev–Trinajstić information content (AvgIpc) is 3.26. The van der Waals surface area contributed by atoms with E-state index in [1.54, 1.807) is 18.3 Å². The van der Waals surface area contributed by atoms with Crippen LogP contribution in [0, 0.1) is 11.6 Å². The molecule has 152 valence electrons. The smallest absolute Gasteiger partial charge is 0.248 e. The number of benzene rings is 2. The first kappa shape index (κ1) is 19.6. The van der Waals surface area contributed by atoms with Gasteiger partial charge in [-0.05, 0) is 60.4 Å². The summed E-state index contributed by atoms with van der Waals surface area (Å²) in [5, 5.41) is 1.06. The second-order valence-corrected chi connectivity index (χ2v) is 6.83. The monoisotopic (exact) mass is 407 g/mol. The van der Waals surface area contributed by atoms with E-state index in [9.17, 15) is 13.6 Å². The fourth-order valence-corrected chi connectivity index (χ4v) is 3.40. The number of H-pyrrole nitrogens is 1. The highest BCUT2D eigenvalue weighted by Crippen LogP contribution is 2.28. The Hall–Kier alpha value is -3.74. The lowest BCUT2D eigenvalue weighted by Gasteiger charge is -2.17. The summed E-state index contributed by atoms with van der Waals surface area (Å²) in [6.07, 6.45) is 4.95. The highest BCUT2D eigenvalue weighted by Gasteiger charge is 2.17. The molecule has 0 saturated heterocycles. The van der Waals surface area contributed by atoms with Crippen LogP contribution in [0.2, 0.25) is 0 Å². The molecule has 0 unspecified atom stereocenters. The maximum atomic E-state index is 13.0. The minimum atomic E-state index is -0.792. The summed E-state index contributed by atoms with van der Waals surface area (Å²) in [6, 6.07) is 13.8. The number of ether oxygens (including phenoxy) is 1. The number of hydrogen-bond donors (Lipinski definition) is 2. The number of primary amides is 1. The van der Waals surface area contributed by atoms with Crippen molar-refractivity contribution in [3.63, 3.8) is 0 Å². The van der Waals surface area contributed by atoms with E-state index in [0.29, 0.717) is 29.9 Å². The molecule has 1 amide bonds. The Morgan fingerprint density at radius 2 is 1.87 bits per heavy atom. The van der Waals surface area contributed by atoms with E-state index in [4.69, 9.17) is 10.5 Å². The van der Waals surface area contributed by atoms with Gasteiger partial charge in [-0.15, -0.1) is 0 Å². The Labute approximate surface area is 171 Å². The Morgan fingerprint density at radius 1 is 1.07 bits per heavy atom. The molecule has 0 atom stereocenters. The van der Waals surface area contributed by atoms with Gasteiger partial charge in [0.1, 0.15) is 11.4 Å².